The van der Waals surface area contributed by atoms with Crippen LogP contribution in [0.1, 0.15) is 22.6 Å². The number of methoxy groups -OCH3 is 1. The van der Waals surface area contributed by atoms with Crippen molar-refractivity contribution in [1.29, 1.82) is 5.26 Å². The van der Waals surface area contributed by atoms with Crippen LogP contribution in [0.25, 0.3) is 0 Å². The molecular weight excluding hydrogens is 230 g/mol. The molecule has 0 radical (unpaired) electrons. The van der Waals surface area contributed by atoms with Crippen LogP contribution < -0.4 is 4.74 Å². The summed E-state index contributed by atoms with van der Waals surface area (Å²) in [6, 6.07) is 1.89. The van der Waals surface area contributed by atoms with Gasteiger partial charge >= 0.3 is 0 Å². The van der Waals surface area contributed by atoms with Gasteiger partial charge in [0.25, 0.3) is 5.82 Å². The van der Waals surface area contributed by atoms with Crippen LogP contribution >= 0.6 is 0 Å². The zero-order chi connectivity index (χ0) is 13.1. The Morgan fingerprint density at radius 2 is 2.17 bits per heavy atom. The maximum atomic E-state index is 8.67. The number of rotatable bonds is 3. The molecule has 0 amide bonds. The zero-order valence-corrected chi connectivity index (χ0v) is 10.5. The highest BCUT2D eigenvalue weighted by Crippen LogP contribution is 2.24. The maximum absolute atomic E-state index is 8.67. The van der Waals surface area contributed by atoms with E-state index in [-0.39, 0.29) is 5.82 Å². The molecule has 0 bridgehead atoms. The summed E-state index contributed by atoms with van der Waals surface area (Å²) in [6.07, 6.45) is 3.29. The lowest BCUT2D eigenvalue weighted by Gasteiger charge is -2.11. The summed E-state index contributed by atoms with van der Waals surface area (Å²) >= 11 is 0. The molecule has 6 nitrogen and oxygen atoms in total. The predicted molar refractivity (Wildman–Crippen MR) is 64.1 cm³/mol. The summed E-state index contributed by atoms with van der Waals surface area (Å²) in [7, 11) is 1.64. The summed E-state index contributed by atoms with van der Waals surface area (Å²) in [6.45, 7) is 4.37. The lowest BCUT2D eigenvalue weighted by molar-refractivity contribution is 0.406. The second-order valence-corrected chi connectivity index (χ2v) is 3.92. The third-order valence-corrected chi connectivity index (χ3v) is 2.70. The lowest BCUT2D eigenvalue weighted by atomic mass is 10.1. The van der Waals surface area contributed by atoms with Gasteiger partial charge in [-0.2, -0.15) is 5.26 Å². The molecule has 2 heterocycles. The Morgan fingerprint density at radius 3 is 2.78 bits per heavy atom. The molecule has 0 aliphatic rings. The van der Waals surface area contributed by atoms with Crippen molar-refractivity contribution in [2.24, 2.45) is 0 Å². The second kappa shape index (κ2) is 4.84. The molecule has 0 spiro atoms. The fourth-order valence-electron chi connectivity index (χ4n) is 1.81. The van der Waals surface area contributed by atoms with Gasteiger partial charge in [-0.3, -0.25) is 4.98 Å². The maximum Gasteiger partial charge on any atom is 0.252 e. The third-order valence-electron chi connectivity index (χ3n) is 2.70. The van der Waals surface area contributed by atoms with E-state index in [4.69, 9.17) is 10.00 Å². The van der Waals surface area contributed by atoms with Crippen LogP contribution in [0, 0.1) is 25.2 Å². The summed E-state index contributed by atoms with van der Waals surface area (Å²) in [5, 5.41) is 12.7. The van der Waals surface area contributed by atoms with Crippen molar-refractivity contribution in [2.75, 3.05) is 7.11 Å². The van der Waals surface area contributed by atoms with Gasteiger partial charge in [0, 0.05) is 17.3 Å². The average Bonchev–Trinajstić information content (AvgIpc) is 2.81. The highest BCUT2D eigenvalue weighted by Gasteiger charge is 2.10. The minimum Gasteiger partial charge on any atom is -0.496 e. The van der Waals surface area contributed by atoms with Crippen molar-refractivity contribution >= 4 is 0 Å². The molecule has 0 fully saturated rings. The summed E-state index contributed by atoms with van der Waals surface area (Å²) in [5.41, 5.74) is 2.83. The van der Waals surface area contributed by atoms with Gasteiger partial charge in [-0.25, -0.2) is 9.67 Å². The van der Waals surface area contributed by atoms with Crippen LogP contribution in [0.15, 0.2) is 12.5 Å². The van der Waals surface area contributed by atoms with E-state index in [0.29, 0.717) is 6.54 Å². The fraction of sp³-hybridized carbons (Fsp3) is 0.333. The van der Waals surface area contributed by atoms with Crippen LogP contribution in [0.5, 0.6) is 5.75 Å². The molecular formula is C12H13N5O. The molecule has 18 heavy (non-hydrogen) atoms. The molecule has 2 aromatic rings. The fourth-order valence-corrected chi connectivity index (χ4v) is 1.81. The molecule has 0 unspecified atom stereocenters. The zero-order valence-electron chi connectivity index (χ0n) is 10.5. The van der Waals surface area contributed by atoms with Crippen LogP contribution in [0.4, 0.5) is 0 Å². The number of aryl methyl sites for hydroxylation is 1. The van der Waals surface area contributed by atoms with Crippen molar-refractivity contribution in [1.82, 2.24) is 19.7 Å². The van der Waals surface area contributed by atoms with E-state index >= 15 is 0 Å². The predicted octanol–water partition coefficient (Wildman–Crippen LogP) is 1.22. The first-order valence-corrected chi connectivity index (χ1v) is 5.44. The Balaban J connectivity index is 2.32. The molecule has 0 aromatic carbocycles. The first-order chi connectivity index (χ1) is 8.65. The van der Waals surface area contributed by atoms with Gasteiger partial charge in [-0.1, -0.05) is 0 Å². The highest BCUT2D eigenvalue weighted by molar-refractivity contribution is 5.41. The molecule has 2 aromatic heterocycles. The Bertz CT molecular complexity index is 611. The van der Waals surface area contributed by atoms with Gasteiger partial charge < -0.3 is 4.74 Å². The van der Waals surface area contributed by atoms with E-state index in [2.05, 4.69) is 15.1 Å². The molecule has 0 saturated carbocycles. The van der Waals surface area contributed by atoms with Gasteiger partial charge in [-0.15, -0.1) is 5.10 Å². The van der Waals surface area contributed by atoms with Crippen LogP contribution in [-0.2, 0) is 6.54 Å². The van der Waals surface area contributed by atoms with Crippen molar-refractivity contribution in [3.63, 3.8) is 0 Å². The molecule has 0 aliphatic heterocycles. The van der Waals surface area contributed by atoms with E-state index in [1.165, 1.54) is 6.33 Å². The van der Waals surface area contributed by atoms with E-state index in [1.807, 2.05) is 19.9 Å². The van der Waals surface area contributed by atoms with Gasteiger partial charge in [0.15, 0.2) is 0 Å². The van der Waals surface area contributed by atoms with E-state index in [1.54, 1.807) is 18.0 Å². The summed E-state index contributed by atoms with van der Waals surface area (Å²) in [5.74, 6) is 0.993. The molecule has 2 rings (SSSR count). The summed E-state index contributed by atoms with van der Waals surface area (Å²) < 4.78 is 6.93. The lowest BCUT2D eigenvalue weighted by Crippen LogP contribution is -2.06. The van der Waals surface area contributed by atoms with E-state index < -0.39 is 0 Å². The minimum absolute atomic E-state index is 0.159. The van der Waals surface area contributed by atoms with Crippen molar-refractivity contribution in [3.05, 3.63) is 35.2 Å². The Kier molecular flexibility index (Phi) is 3.24. The molecule has 92 valence electrons. The molecule has 0 saturated heterocycles. The van der Waals surface area contributed by atoms with Gasteiger partial charge in [-0.05, 0) is 13.8 Å². The van der Waals surface area contributed by atoms with Gasteiger partial charge in [0.1, 0.15) is 18.1 Å². The number of ether oxygens (including phenoxy) is 1. The van der Waals surface area contributed by atoms with Gasteiger partial charge in [0.2, 0.25) is 0 Å². The van der Waals surface area contributed by atoms with E-state index in [9.17, 15) is 0 Å². The summed E-state index contributed by atoms with van der Waals surface area (Å²) in [4.78, 5) is 8.22. The Hall–Kier alpha value is -2.42. The quantitative estimate of drug-likeness (QED) is 0.810. The number of pyridine rings is 1. The number of hydrogen-bond acceptors (Lipinski definition) is 5. The highest BCUT2D eigenvalue weighted by atomic mass is 16.5. The first-order valence-electron chi connectivity index (χ1n) is 5.44. The molecule has 0 N–H and O–H groups in total. The molecule has 0 atom stereocenters. The van der Waals surface area contributed by atoms with Crippen LogP contribution in [0.3, 0.4) is 0 Å². The number of nitriles is 1. The molecule has 6 heteroatoms. The van der Waals surface area contributed by atoms with E-state index in [0.717, 1.165) is 22.6 Å². The smallest absolute Gasteiger partial charge is 0.252 e. The number of aromatic nitrogens is 4. The normalized spacial score (nSPS) is 10.1. The topological polar surface area (TPSA) is 76.6 Å². The third kappa shape index (κ3) is 2.15. The van der Waals surface area contributed by atoms with Crippen molar-refractivity contribution in [2.45, 2.75) is 20.4 Å². The van der Waals surface area contributed by atoms with Crippen molar-refractivity contribution < 1.29 is 4.74 Å². The van der Waals surface area contributed by atoms with Crippen molar-refractivity contribution in [3.8, 4) is 11.8 Å². The Morgan fingerprint density at radius 1 is 1.39 bits per heavy atom. The largest absolute Gasteiger partial charge is 0.496 e. The van der Waals surface area contributed by atoms with Crippen LogP contribution in [0.2, 0.25) is 0 Å². The van der Waals surface area contributed by atoms with Crippen LogP contribution in [-0.4, -0.2) is 26.9 Å². The minimum atomic E-state index is 0.159. The monoisotopic (exact) mass is 243 g/mol. The number of hydrogen-bond donors (Lipinski definition) is 0. The molecule has 0 aliphatic carbocycles. The first kappa shape index (κ1) is 12.0. The Labute approximate surface area is 105 Å². The second-order valence-electron chi connectivity index (χ2n) is 3.92. The van der Waals surface area contributed by atoms with Gasteiger partial charge in [0.05, 0.1) is 19.3 Å². The average molecular weight is 243 g/mol. The number of nitrogens with zero attached hydrogens (tertiary/aromatic N) is 5. The standard InChI is InChI=1S/C12H13N5O/c1-8-5-14-10(9(2)12(8)18-3)6-17-7-15-11(4-13)16-17/h5,7H,6H2,1-3H3. The SMILES string of the molecule is COc1c(C)cnc(Cn2cnc(C#N)n2)c1C.